The molecule has 0 radical (unpaired) electrons. The Morgan fingerprint density at radius 3 is 2.68 bits per heavy atom. The van der Waals surface area contributed by atoms with Gasteiger partial charge in [0.1, 0.15) is 0 Å². The summed E-state index contributed by atoms with van der Waals surface area (Å²) >= 11 is 3.34. The smallest absolute Gasteiger partial charge is 0.195 e. The van der Waals surface area contributed by atoms with E-state index in [1.165, 1.54) is 5.56 Å². The number of hydrogen-bond acceptors (Lipinski definition) is 2. The third kappa shape index (κ3) is 3.24. The molecule has 2 nitrogen and oxygen atoms in total. The fourth-order valence-electron chi connectivity index (χ4n) is 2.05. The first-order valence-corrected chi connectivity index (χ1v) is 7.09. The predicted octanol–water partition coefficient (Wildman–Crippen LogP) is 4.21. The highest BCUT2D eigenvalue weighted by atomic mass is 79.9. The summed E-state index contributed by atoms with van der Waals surface area (Å²) in [7, 11) is 0. The molecule has 3 heteroatoms. The predicted molar refractivity (Wildman–Crippen MR) is 82.4 cm³/mol. The van der Waals surface area contributed by atoms with E-state index in [9.17, 15) is 4.79 Å². The lowest BCUT2D eigenvalue weighted by Gasteiger charge is -2.07. The number of carbonyl (C=O) groups is 1. The van der Waals surface area contributed by atoms with Gasteiger partial charge in [0.05, 0.1) is 0 Å². The summed E-state index contributed by atoms with van der Waals surface area (Å²) in [6, 6.07) is 13.1. The molecule has 2 N–H and O–H groups in total. The molecule has 0 aliphatic heterocycles. The van der Waals surface area contributed by atoms with Gasteiger partial charge in [0.2, 0.25) is 0 Å². The number of nitrogen functional groups attached to an aromatic ring is 1. The molecule has 0 saturated heterocycles. The Balaban J connectivity index is 2.35. The SMILES string of the molecule is CCCc1cccc(C(=O)c2ccc(Br)cc2N)c1. The standard InChI is InChI=1S/C16H16BrNO/c1-2-4-11-5-3-6-12(9-11)16(19)14-8-7-13(17)10-15(14)18/h3,5-10H,2,4,18H2,1H3. The first-order chi connectivity index (χ1) is 9.11. The Hall–Kier alpha value is -1.61. The lowest BCUT2D eigenvalue weighted by molar-refractivity contribution is 0.103. The minimum absolute atomic E-state index is 0.0250. The summed E-state index contributed by atoms with van der Waals surface area (Å²) in [5, 5.41) is 0. The molecule has 0 aromatic heterocycles. The molecule has 0 unspecified atom stereocenters. The van der Waals surface area contributed by atoms with E-state index in [1.54, 1.807) is 12.1 Å². The van der Waals surface area contributed by atoms with Gasteiger partial charge in [-0.3, -0.25) is 4.79 Å². The van der Waals surface area contributed by atoms with E-state index < -0.39 is 0 Å². The summed E-state index contributed by atoms with van der Waals surface area (Å²) in [6.45, 7) is 2.13. The summed E-state index contributed by atoms with van der Waals surface area (Å²) in [6.07, 6.45) is 2.05. The lowest BCUT2D eigenvalue weighted by Crippen LogP contribution is -2.05. The third-order valence-corrected chi connectivity index (χ3v) is 3.48. The van der Waals surface area contributed by atoms with Gasteiger partial charge in [-0.1, -0.05) is 47.5 Å². The molecule has 0 saturated carbocycles. The Kier molecular flexibility index (Phi) is 4.38. The van der Waals surface area contributed by atoms with Crippen molar-refractivity contribution in [1.82, 2.24) is 0 Å². The van der Waals surface area contributed by atoms with Crippen LogP contribution in [0.3, 0.4) is 0 Å². The average molecular weight is 318 g/mol. The maximum atomic E-state index is 12.4. The monoisotopic (exact) mass is 317 g/mol. The fourth-order valence-corrected chi connectivity index (χ4v) is 2.43. The van der Waals surface area contributed by atoms with Gasteiger partial charge in [0.25, 0.3) is 0 Å². The number of carbonyl (C=O) groups excluding carboxylic acids is 1. The zero-order valence-corrected chi connectivity index (χ0v) is 12.4. The van der Waals surface area contributed by atoms with Gasteiger partial charge in [-0.2, -0.15) is 0 Å². The molecule has 0 spiro atoms. The largest absolute Gasteiger partial charge is 0.398 e. The molecular formula is C16H16BrNO. The summed E-state index contributed by atoms with van der Waals surface area (Å²) in [4.78, 5) is 12.4. The van der Waals surface area contributed by atoms with E-state index in [2.05, 4.69) is 22.9 Å². The van der Waals surface area contributed by atoms with Crippen molar-refractivity contribution in [3.63, 3.8) is 0 Å². The summed E-state index contributed by atoms with van der Waals surface area (Å²) in [5.41, 5.74) is 8.84. The van der Waals surface area contributed by atoms with Gasteiger partial charge in [-0.15, -0.1) is 0 Å². The quantitative estimate of drug-likeness (QED) is 0.678. The van der Waals surface area contributed by atoms with Gasteiger partial charge >= 0.3 is 0 Å². The second-order valence-corrected chi connectivity index (χ2v) is 5.43. The van der Waals surface area contributed by atoms with E-state index in [0.29, 0.717) is 16.8 Å². The third-order valence-electron chi connectivity index (χ3n) is 2.99. The minimum atomic E-state index is -0.0250. The van der Waals surface area contributed by atoms with E-state index in [0.717, 1.165) is 17.3 Å². The zero-order valence-electron chi connectivity index (χ0n) is 10.8. The van der Waals surface area contributed by atoms with Gasteiger partial charge in [-0.25, -0.2) is 0 Å². The highest BCUT2D eigenvalue weighted by Gasteiger charge is 2.12. The molecule has 0 amide bonds. The van der Waals surface area contributed by atoms with Crippen LogP contribution in [0, 0.1) is 0 Å². The molecule has 0 fully saturated rings. The van der Waals surface area contributed by atoms with E-state index in [-0.39, 0.29) is 5.78 Å². The molecule has 19 heavy (non-hydrogen) atoms. The number of benzene rings is 2. The second kappa shape index (κ2) is 6.02. The second-order valence-electron chi connectivity index (χ2n) is 4.51. The lowest BCUT2D eigenvalue weighted by atomic mass is 9.99. The van der Waals surface area contributed by atoms with E-state index in [4.69, 9.17) is 5.73 Å². The maximum Gasteiger partial charge on any atom is 0.195 e. The number of rotatable bonds is 4. The van der Waals surface area contributed by atoms with Crippen LogP contribution >= 0.6 is 15.9 Å². The number of nitrogens with two attached hydrogens (primary N) is 1. The topological polar surface area (TPSA) is 43.1 Å². The van der Waals surface area contributed by atoms with Crippen LogP contribution in [0.5, 0.6) is 0 Å². The fraction of sp³-hybridized carbons (Fsp3) is 0.188. The van der Waals surface area contributed by atoms with Crippen LogP contribution < -0.4 is 5.73 Å². The van der Waals surface area contributed by atoms with Crippen LogP contribution in [-0.2, 0) is 6.42 Å². The van der Waals surface area contributed by atoms with Crippen molar-refractivity contribution >= 4 is 27.4 Å². The van der Waals surface area contributed by atoms with Gasteiger partial charge in [-0.05, 0) is 36.2 Å². The van der Waals surface area contributed by atoms with Crippen molar-refractivity contribution in [2.45, 2.75) is 19.8 Å². The van der Waals surface area contributed by atoms with Crippen LogP contribution in [-0.4, -0.2) is 5.78 Å². The van der Waals surface area contributed by atoms with Crippen molar-refractivity contribution in [3.05, 3.63) is 63.6 Å². The minimum Gasteiger partial charge on any atom is -0.398 e. The number of anilines is 1. The molecule has 0 bridgehead atoms. The number of hydrogen-bond donors (Lipinski definition) is 1. The van der Waals surface area contributed by atoms with Crippen molar-refractivity contribution in [3.8, 4) is 0 Å². The molecule has 2 aromatic carbocycles. The van der Waals surface area contributed by atoms with Gasteiger partial charge in [0.15, 0.2) is 5.78 Å². The summed E-state index contributed by atoms with van der Waals surface area (Å²) < 4.78 is 0.876. The molecule has 2 rings (SSSR count). The summed E-state index contributed by atoms with van der Waals surface area (Å²) in [5.74, 6) is -0.0250. The van der Waals surface area contributed by atoms with Crippen molar-refractivity contribution in [1.29, 1.82) is 0 Å². The molecule has 98 valence electrons. The van der Waals surface area contributed by atoms with E-state index in [1.807, 2.05) is 30.3 Å². The zero-order chi connectivity index (χ0) is 13.8. The molecule has 2 aromatic rings. The molecular weight excluding hydrogens is 302 g/mol. The maximum absolute atomic E-state index is 12.4. The van der Waals surface area contributed by atoms with Gasteiger partial charge < -0.3 is 5.73 Å². The Morgan fingerprint density at radius 1 is 1.21 bits per heavy atom. The Bertz CT molecular complexity index is 607. The number of halogens is 1. The van der Waals surface area contributed by atoms with Crippen LogP contribution in [0.4, 0.5) is 5.69 Å². The normalized spacial score (nSPS) is 10.4. The number of ketones is 1. The molecule has 0 aliphatic rings. The van der Waals surface area contributed by atoms with Crippen molar-refractivity contribution in [2.24, 2.45) is 0 Å². The first-order valence-electron chi connectivity index (χ1n) is 6.30. The van der Waals surface area contributed by atoms with Crippen LogP contribution in [0.2, 0.25) is 0 Å². The van der Waals surface area contributed by atoms with Crippen LogP contribution in [0.15, 0.2) is 46.9 Å². The first kappa shape index (κ1) is 13.8. The van der Waals surface area contributed by atoms with Crippen molar-refractivity contribution in [2.75, 3.05) is 5.73 Å². The highest BCUT2D eigenvalue weighted by Crippen LogP contribution is 2.22. The highest BCUT2D eigenvalue weighted by molar-refractivity contribution is 9.10. The molecule has 0 heterocycles. The number of aryl methyl sites for hydroxylation is 1. The average Bonchev–Trinajstić information content (AvgIpc) is 2.39. The van der Waals surface area contributed by atoms with E-state index >= 15 is 0 Å². The Morgan fingerprint density at radius 2 is 2.00 bits per heavy atom. The van der Waals surface area contributed by atoms with Gasteiger partial charge in [0, 0.05) is 21.3 Å². The van der Waals surface area contributed by atoms with Crippen LogP contribution in [0.1, 0.15) is 34.8 Å². The molecule has 0 atom stereocenters. The molecule has 0 aliphatic carbocycles. The van der Waals surface area contributed by atoms with Crippen LogP contribution in [0.25, 0.3) is 0 Å². The Labute approximate surface area is 121 Å². The van der Waals surface area contributed by atoms with Crippen molar-refractivity contribution < 1.29 is 4.79 Å².